The van der Waals surface area contributed by atoms with E-state index in [1.54, 1.807) is 18.3 Å². The van der Waals surface area contributed by atoms with E-state index in [1.807, 2.05) is 42.5 Å². The number of hydrogen-bond donors (Lipinski definition) is 1. The molecule has 0 spiro atoms. The molecule has 3 heteroatoms. The summed E-state index contributed by atoms with van der Waals surface area (Å²) in [7, 11) is 0. The lowest BCUT2D eigenvalue weighted by atomic mass is 9.97. The van der Waals surface area contributed by atoms with E-state index in [0.29, 0.717) is 5.56 Å². The Morgan fingerprint density at radius 1 is 0.760 bits per heavy atom. The fourth-order valence-corrected chi connectivity index (χ4v) is 3.00. The standard InChI is InChI=1S/C22H16N2O/c25-22(16-8-2-1-3-9-16)24-23-15-21-19-12-6-4-10-17(19)14-18-11-5-7-13-20(18)21/h1-15H,(H,24,25)/b23-15-. The molecule has 0 atom stereocenters. The molecule has 1 N–H and O–H groups in total. The van der Waals surface area contributed by atoms with Crippen LogP contribution in [0.4, 0.5) is 0 Å². The van der Waals surface area contributed by atoms with Crippen LogP contribution in [-0.4, -0.2) is 12.1 Å². The summed E-state index contributed by atoms with van der Waals surface area (Å²) in [4.78, 5) is 12.1. The average Bonchev–Trinajstić information content (AvgIpc) is 2.68. The number of amides is 1. The van der Waals surface area contributed by atoms with E-state index >= 15 is 0 Å². The second kappa shape index (κ2) is 6.57. The third-order valence-electron chi connectivity index (χ3n) is 4.21. The van der Waals surface area contributed by atoms with Crippen LogP contribution < -0.4 is 5.43 Å². The highest BCUT2D eigenvalue weighted by Crippen LogP contribution is 2.27. The van der Waals surface area contributed by atoms with Crippen molar-refractivity contribution in [1.82, 2.24) is 5.43 Å². The van der Waals surface area contributed by atoms with Crippen LogP contribution in [0.1, 0.15) is 15.9 Å². The second-order valence-corrected chi connectivity index (χ2v) is 5.80. The third-order valence-corrected chi connectivity index (χ3v) is 4.21. The summed E-state index contributed by atoms with van der Waals surface area (Å²) in [5.41, 5.74) is 4.19. The molecule has 4 aromatic rings. The maximum absolute atomic E-state index is 12.1. The van der Waals surface area contributed by atoms with Crippen LogP contribution in [0, 0.1) is 0 Å². The Hall–Kier alpha value is -3.46. The molecule has 1 amide bonds. The van der Waals surface area contributed by atoms with Gasteiger partial charge in [0.25, 0.3) is 5.91 Å². The minimum atomic E-state index is -0.221. The quantitative estimate of drug-likeness (QED) is 0.329. The summed E-state index contributed by atoms with van der Waals surface area (Å²) >= 11 is 0. The van der Waals surface area contributed by atoms with Crippen molar-refractivity contribution in [1.29, 1.82) is 0 Å². The molecule has 0 aliphatic rings. The molecular formula is C22H16N2O. The van der Waals surface area contributed by atoms with Gasteiger partial charge < -0.3 is 0 Å². The molecule has 0 unspecified atom stereocenters. The SMILES string of the molecule is O=C(N/N=C\c1c2ccccc2cc2ccccc12)c1ccccc1. The minimum Gasteiger partial charge on any atom is -0.267 e. The molecule has 4 aromatic carbocycles. The molecule has 0 aliphatic carbocycles. The predicted octanol–water partition coefficient (Wildman–Crippen LogP) is 4.76. The minimum absolute atomic E-state index is 0.221. The van der Waals surface area contributed by atoms with Crippen LogP contribution in [0.2, 0.25) is 0 Å². The number of carbonyl (C=O) groups excluding carboxylic acids is 1. The summed E-state index contributed by atoms with van der Waals surface area (Å²) in [5, 5.41) is 8.71. The Labute approximate surface area is 145 Å². The number of fused-ring (bicyclic) bond motifs is 2. The van der Waals surface area contributed by atoms with E-state index in [0.717, 1.165) is 27.1 Å². The zero-order chi connectivity index (χ0) is 17.1. The lowest BCUT2D eigenvalue weighted by Gasteiger charge is -2.08. The number of rotatable bonds is 3. The molecule has 0 radical (unpaired) electrons. The molecule has 0 heterocycles. The molecule has 4 rings (SSSR count). The van der Waals surface area contributed by atoms with E-state index in [-0.39, 0.29) is 5.91 Å². The fourth-order valence-electron chi connectivity index (χ4n) is 3.00. The van der Waals surface area contributed by atoms with Gasteiger partial charge in [0.05, 0.1) is 6.21 Å². The van der Waals surface area contributed by atoms with Crippen LogP contribution in [0.3, 0.4) is 0 Å². The van der Waals surface area contributed by atoms with Gasteiger partial charge >= 0.3 is 0 Å². The summed E-state index contributed by atoms with van der Waals surface area (Å²) in [5.74, 6) is -0.221. The van der Waals surface area contributed by atoms with Crippen molar-refractivity contribution in [3.05, 3.63) is 96.1 Å². The number of hydrazone groups is 1. The van der Waals surface area contributed by atoms with Gasteiger partial charge in [0.2, 0.25) is 0 Å². The number of benzene rings is 4. The highest BCUT2D eigenvalue weighted by Gasteiger charge is 2.06. The smallest absolute Gasteiger partial charge is 0.267 e. The summed E-state index contributed by atoms with van der Waals surface area (Å²) in [6, 6.07) is 27.6. The first-order chi connectivity index (χ1) is 12.3. The third kappa shape index (κ3) is 3.00. The van der Waals surface area contributed by atoms with Crippen molar-refractivity contribution in [3.8, 4) is 0 Å². The fraction of sp³-hybridized carbons (Fsp3) is 0. The van der Waals surface area contributed by atoms with E-state index in [2.05, 4.69) is 40.9 Å². The molecule has 0 saturated heterocycles. The van der Waals surface area contributed by atoms with Gasteiger partial charge in [-0.25, -0.2) is 5.43 Å². The highest BCUT2D eigenvalue weighted by atomic mass is 16.2. The Bertz CT molecular complexity index is 1030. The van der Waals surface area contributed by atoms with Gasteiger partial charge in [0.15, 0.2) is 0 Å². The Balaban J connectivity index is 1.73. The monoisotopic (exact) mass is 324 g/mol. The number of carbonyl (C=O) groups is 1. The first-order valence-corrected chi connectivity index (χ1v) is 8.12. The Morgan fingerprint density at radius 3 is 1.96 bits per heavy atom. The molecule has 0 aliphatic heterocycles. The Morgan fingerprint density at radius 2 is 1.32 bits per heavy atom. The van der Waals surface area contributed by atoms with Gasteiger partial charge in [-0.2, -0.15) is 5.10 Å². The largest absolute Gasteiger partial charge is 0.271 e. The maximum atomic E-state index is 12.1. The van der Waals surface area contributed by atoms with Crippen molar-refractivity contribution in [3.63, 3.8) is 0 Å². The first-order valence-electron chi connectivity index (χ1n) is 8.12. The summed E-state index contributed by atoms with van der Waals surface area (Å²) in [6.07, 6.45) is 1.73. The summed E-state index contributed by atoms with van der Waals surface area (Å²) in [6.45, 7) is 0. The van der Waals surface area contributed by atoms with Crippen LogP contribution in [-0.2, 0) is 0 Å². The van der Waals surface area contributed by atoms with Gasteiger partial charge in [0.1, 0.15) is 0 Å². The molecule has 3 nitrogen and oxygen atoms in total. The molecule has 25 heavy (non-hydrogen) atoms. The number of nitrogens with one attached hydrogen (secondary N) is 1. The summed E-state index contributed by atoms with van der Waals surface area (Å²) < 4.78 is 0. The first kappa shape index (κ1) is 15.1. The van der Waals surface area contributed by atoms with Crippen molar-refractivity contribution >= 4 is 33.7 Å². The van der Waals surface area contributed by atoms with E-state index in [1.165, 1.54) is 0 Å². The van der Waals surface area contributed by atoms with Gasteiger partial charge in [-0.1, -0.05) is 66.7 Å². The van der Waals surface area contributed by atoms with Crippen LogP contribution in [0.15, 0.2) is 90.0 Å². The maximum Gasteiger partial charge on any atom is 0.271 e. The molecule has 120 valence electrons. The molecule has 0 saturated carbocycles. The van der Waals surface area contributed by atoms with Crippen molar-refractivity contribution in [2.75, 3.05) is 0 Å². The van der Waals surface area contributed by atoms with E-state index < -0.39 is 0 Å². The van der Waals surface area contributed by atoms with E-state index in [9.17, 15) is 4.79 Å². The Kier molecular flexibility index (Phi) is 3.97. The zero-order valence-corrected chi connectivity index (χ0v) is 13.5. The number of hydrogen-bond acceptors (Lipinski definition) is 2. The van der Waals surface area contributed by atoms with Crippen LogP contribution in [0.5, 0.6) is 0 Å². The van der Waals surface area contributed by atoms with E-state index in [4.69, 9.17) is 0 Å². The zero-order valence-electron chi connectivity index (χ0n) is 13.5. The van der Waals surface area contributed by atoms with Gasteiger partial charge in [-0.15, -0.1) is 0 Å². The van der Waals surface area contributed by atoms with Crippen molar-refractivity contribution in [2.24, 2.45) is 5.10 Å². The molecule has 0 aromatic heterocycles. The van der Waals surface area contributed by atoms with Gasteiger partial charge in [-0.3, -0.25) is 4.79 Å². The van der Waals surface area contributed by atoms with Gasteiger partial charge in [0, 0.05) is 11.1 Å². The average molecular weight is 324 g/mol. The lowest BCUT2D eigenvalue weighted by Crippen LogP contribution is -2.17. The second-order valence-electron chi connectivity index (χ2n) is 5.80. The topological polar surface area (TPSA) is 41.5 Å². The van der Waals surface area contributed by atoms with Crippen molar-refractivity contribution in [2.45, 2.75) is 0 Å². The molecular weight excluding hydrogens is 308 g/mol. The highest BCUT2D eigenvalue weighted by molar-refractivity contribution is 6.13. The normalized spacial score (nSPS) is 11.2. The molecule has 0 fully saturated rings. The predicted molar refractivity (Wildman–Crippen MR) is 103 cm³/mol. The van der Waals surface area contributed by atoms with Crippen LogP contribution >= 0.6 is 0 Å². The van der Waals surface area contributed by atoms with Crippen molar-refractivity contribution < 1.29 is 4.79 Å². The van der Waals surface area contributed by atoms with Crippen LogP contribution in [0.25, 0.3) is 21.5 Å². The lowest BCUT2D eigenvalue weighted by molar-refractivity contribution is 0.0955. The molecule has 0 bridgehead atoms. The number of nitrogens with zero attached hydrogens (tertiary/aromatic N) is 1. The van der Waals surface area contributed by atoms with Gasteiger partial charge in [-0.05, 0) is 39.7 Å².